The van der Waals surface area contributed by atoms with E-state index in [0.29, 0.717) is 18.0 Å². The van der Waals surface area contributed by atoms with Crippen LogP contribution in [0.1, 0.15) is 19.8 Å². The topological polar surface area (TPSA) is 83.8 Å². The molecule has 2 saturated heterocycles. The number of pyridine rings is 1. The van der Waals surface area contributed by atoms with Crippen molar-refractivity contribution < 1.29 is 0 Å². The molecular weight excluding hydrogens is 424 g/mol. The van der Waals surface area contributed by atoms with Gasteiger partial charge in [0.2, 0.25) is 5.95 Å². The highest BCUT2D eigenvalue weighted by molar-refractivity contribution is 5.78. The van der Waals surface area contributed by atoms with Crippen molar-refractivity contribution in [3.8, 4) is 22.5 Å². The van der Waals surface area contributed by atoms with Crippen molar-refractivity contribution in [1.82, 2.24) is 30.0 Å². The fraction of sp³-hybridized carbons (Fsp3) is 0.308. The summed E-state index contributed by atoms with van der Waals surface area (Å²) in [4.78, 5) is 16.0. The van der Waals surface area contributed by atoms with E-state index in [2.05, 4.69) is 56.7 Å². The predicted octanol–water partition coefficient (Wildman–Crippen LogP) is 4.11. The van der Waals surface area contributed by atoms with Crippen LogP contribution < -0.4 is 15.5 Å². The van der Waals surface area contributed by atoms with E-state index in [9.17, 15) is 0 Å². The average molecular weight is 453 g/mol. The number of nitrogens with one attached hydrogen (secondary N) is 2. The third-order valence-corrected chi connectivity index (χ3v) is 6.66. The molecule has 6 rings (SSSR count). The van der Waals surface area contributed by atoms with Crippen LogP contribution in [0, 0.1) is 0 Å². The molecule has 2 aliphatic rings. The molecule has 0 saturated carbocycles. The Morgan fingerprint density at radius 3 is 2.59 bits per heavy atom. The highest BCUT2D eigenvalue weighted by Gasteiger charge is 2.32. The van der Waals surface area contributed by atoms with Crippen molar-refractivity contribution >= 4 is 17.3 Å². The monoisotopic (exact) mass is 452 g/mol. The van der Waals surface area contributed by atoms with Gasteiger partial charge < -0.3 is 15.5 Å². The molecule has 1 aromatic carbocycles. The third kappa shape index (κ3) is 4.12. The number of hydrogen-bond acceptors (Lipinski definition) is 7. The van der Waals surface area contributed by atoms with Gasteiger partial charge in [-0.05, 0) is 62.2 Å². The van der Waals surface area contributed by atoms with E-state index in [1.54, 1.807) is 12.4 Å². The van der Waals surface area contributed by atoms with Gasteiger partial charge in [-0.3, -0.25) is 9.67 Å². The second kappa shape index (κ2) is 8.87. The molecule has 2 fully saturated rings. The highest BCUT2D eigenvalue weighted by atomic mass is 15.3. The Hall–Kier alpha value is -3.78. The molecule has 2 atom stereocenters. The van der Waals surface area contributed by atoms with E-state index in [4.69, 9.17) is 10.1 Å². The molecule has 4 aromatic rings. The first-order valence-electron chi connectivity index (χ1n) is 11.9. The quantitative estimate of drug-likeness (QED) is 0.456. The number of aryl methyl sites for hydroxylation is 1. The van der Waals surface area contributed by atoms with Crippen LogP contribution in [0.25, 0.3) is 22.5 Å². The zero-order valence-corrected chi connectivity index (χ0v) is 19.2. The molecule has 2 unspecified atom stereocenters. The number of rotatable bonds is 6. The minimum Gasteiger partial charge on any atom is -0.368 e. The van der Waals surface area contributed by atoms with E-state index < -0.39 is 0 Å². The van der Waals surface area contributed by atoms with Crippen LogP contribution in [0.4, 0.5) is 17.3 Å². The lowest BCUT2D eigenvalue weighted by Gasteiger charge is -2.34. The van der Waals surface area contributed by atoms with Gasteiger partial charge in [0.05, 0.1) is 5.69 Å². The first-order chi connectivity index (χ1) is 16.7. The number of nitrogens with zero attached hydrogens (tertiary/aromatic N) is 6. The van der Waals surface area contributed by atoms with Crippen molar-refractivity contribution in [1.29, 1.82) is 0 Å². The second-order valence-electron chi connectivity index (χ2n) is 8.97. The van der Waals surface area contributed by atoms with Gasteiger partial charge in [-0.2, -0.15) is 5.10 Å². The maximum absolute atomic E-state index is 4.80. The molecule has 8 nitrogen and oxygen atoms in total. The van der Waals surface area contributed by atoms with Crippen molar-refractivity contribution in [2.75, 3.05) is 23.3 Å². The minimum absolute atomic E-state index is 0.562. The third-order valence-electron chi connectivity index (χ3n) is 6.66. The van der Waals surface area contributed by atoms with Crippen molar-refractivity contribution in [2.24, 2.45) is 0 Å². The summed E-state index contributed by atoms with van der Waals surface area (Å²) in [5, 5.41) is 11.8. The molecule has 0 spiro atoms. The summed E-state index contributed by atoms with van der Waals surface area (Å²) in [6.07, 6.45) is 9.99. The summed E-state index contributed by atoms with van der Waals surface area (Å²) in [7, 11) is 0. The fourth-order valence-corrected chi connectivity index (χ4v) is 4.95. The lowest BCUT2D eigenvalue weighted by molar-refractivity contribution is 0.466. The Labute approximate surface area is 199 Å². The molecule has 3 aromatic heterocycles. The molecular formula is C26H28N8. The number of piperazine rings is 1. The lowest BCUT2D eigenvalue weighted by Crippen LogP contribution is -2.51. The van der Waals surface area contributed by atoms with E-state index in [0.717, 1.165) is 47.8 Å². The van der Waals surface area contributed by atoms with Crippen molar-refractivity contribution in [3.63, 3.8) is 0 Å². The van der Waals surface area contributed by atoms with Crippen molar-refractivity contribution in [2.45, 2.75) is 38.4 Å². The van der Waals surface area contributed by atoms with Crippen LogP contribution in [-0.4, -0.2) is 49.9 Å². The summed E-state index contributed by atoms with van der Waals surface area (Å²) in [5.41, 5.74) is 5.86. The van der Waals surface area contributed by atoms with Crippen LogP contribution >= 0.6 is 0 Å². The summed E-state index contributed by atoms with van der Waals surface area (Å²) >= 11 is 0. The molecule has 34 heavy (non-hydrogen) atoms. The minimum atomic E-state index is 0.562. The number of anilines is 3. The largest absolute Gasteiger partial charge is 0.368 e. The summed E-state index contributed by atoms with van der Waals surface area (Å²) < 4.78 is 1.92. The number of benzene rings is 1. The first-order valence-corrected chi connectivity index (χ1v) is 11.9. The highest BCUT2D eigenvalue weighted by Crippen LogP contribution is 2.31. The molecule has 0 radical (unpaired) electrons. The Morgan fingerprint density at radius 2 is 1.85 bits per heavy atom. The van der Waals surface area contributed by atoms with Crippen LogP contribution in [0.3, 0.4) is 0 Å². The molecule has 2 bridgehead atoms. The maximum atomic E-state index is 4.80. The Bertz CT molecular complexity index is 1260. The van der Waals surface area contributed by atoms with Crippen LogP contribution in [0.2, 0.25) is 0 Å². The number of fused-ring (bicyclic) bond motifs is 2. The first kappa shape index (κ1) is 20.8. The molecule has 0 aliphatic carbocycles. The van der Waals surface area contributed by atoms with Gasteiger partial charge in [0.15, 0.2) is 0 Å². The normalized spacial score (nSPS) is 19.4. The fourth-order valence-electron chi connectivity index (χ4n) is 4.95. The Morgan fingerprint density at radius 1 is 1.03 bits per heavy atom. The van der Waals surface area contributed by atoms with Gasteiger partial charge in [0.1, 0.15) is 5.69 Å². The standard InChI is InChI=1S/C26H28N8/c1-2-34-17-23(25(32-34)18-4-3-12-27-14-18)24-11-13-28-26(31-24)30-19-7-9-22(10-8-19)33-15-20-5-6-21(16-33)29-20/h3-4,7-14,17,20-21,29H,2,5-6,15-16H2,1H3,(H,28,30,31). The van der Waals surface area contributed by atoms with Gasteiger partial charge in [-0.25, -0.2) is 9.97 Å². The zero-order chi connectivity index (χ0) is 22.9. The SMILES string of the molecule is CCn1cc(-c2ccnc(Nc3ccc(N4CC5CCC(C4)N5)cc3)n2)c(-c2cccnc2)n1. The van der Waals surface area contributed by atoms with Gasteiger partial charge >= 0.3 is 0 Å². The predicted molar refractivity (Wildman–Crippen MR) is 134 cm³/mol. The Balaban J connectivity index is 1.23. The smallest absolute Gasteiger partial charge is 0.227 e. The van der Waals surface area contributed by atoms with E-state index >= 15 is 0 Å². The molecule has 2 aliphatic heterocycles. The average Bonchev–Trinajstić information content (AvgIpc) is 3.48. The van der Waals surface area contributed by atoms with E-state index in [-0.39, 0.29) is 0 Å². The summed E-state index contributed by atoms with van der Waals surface area (Å²) in [6, 6.07) is 15.7. The number of aromatic nitrogens is 5. The van der Waals surface area contributed by atoms with Crippen molar-refractivity contribution in [3.05, 3.63) is 67.3 Å². The van der Waals surface area contributed by atoms with E-state index in [1.165, 1.54) is 18.5 Å². The molecule has 2 N–H and O–H groups in total. The zero-order valence-electron chi connectivity index (χ0n) is 19.2. The Kier molecular flexibility index (Phi) is 5.43. The maximum Gasteiger partial charge on any atom is 0.227 e. The van der Waals surface area contributed by atoms with Gasteiger partial charge in [0.25, 0.3) is 0 Å². The molecule has 8 heteroatoms. The second-order valence-corrected chi connectivity index (χ2v) is 8.97. The molecule has 5 heterocycles. The van der Waals surface area contributed by atoms with Crippen LogP contribution in [-0.2, 0) is 6.54 Å². The van der Waals surface area contributed by atoms with E-state index in [1.807, 2.05) is 35.3 Å². The van der Waals surface area contributed by atoms with Gasteiger partial charge in [0, 0.05) is 79.0 Å². The lowest BCUT2D eigenvalue weighted by atomic mass is 10.1. The van der Waals surface area contributed by atoms with Crippen LogP contribution in [0.15, 0.2) is 67.3 Å². The van der Waals surface area contributed by atoms with Gasteiger partial charge in [-0.1, -0.05) is 0 Å². The summed E-state index contributed by atoms with van der Waals surface area (Å²) in [6.45, 7) is 5.02. The summed E-state index contributed by atoms with van der Waals surface area (Å²) in [5.74, 6) is 0.562. The van der Waals surface area contributed by atoms with Crippen LogP contribution in [0.5, 0.6) is 0 Å². The molecule has 0 amide bonds. The molecule has 172 valence electrons. The number of hydrogen-bond donors (Lipinski definition) is 2. The van der Waals surface area contributed by atoms with Gasteiger partial charge in [-0.15, -0.1) is 0 Å².